The minimum Gasteiger partial charge on any atom is -0.316 e. The molecule has 2 fully saturated rings. The van der Waals surface area contributed by atoms with E-state index in [1.165, 1.54) is 34.8 Å². The van der Waals surface area contributed by atoms with Crippen molar-refractivity contribution in [3.8, 4) is 0 Å². The first-order chi connectivity index (χ1) is 7.74. The van der Waals surface area contributed by atoms with Crippen LogP contribution in [0, 0.1) is 11.8 Å². The van der Waals surface area contributed by atoms with E-state index in [0.29, 0.717) is 6.04 Å². The monoisotopic (exact) mass is 300 g/mol. The summed E-state index contributed by atoms with van der Waals surface area (Å²) in [4.78, 5) is 4.13. The van der Waals surface area contributed by atoms with Gasteiger partial charge in [-0.15, -0.1) is 11.3 Å². The van der Waals surface area contributed by atoms with Crippen LogP contribution in [0.1, 0.15) is 17.8 Å². The first-order valence-corrected chi connectivity index (χ1v) is 7.55. The van der Waals surface area contributed by atoms with Crippen molar-refractivity contribution in [2.45, 2.75) is 13.0 Å². The molecular formula is C12H17BrN2S. The van der Waals surface area contributed by atoms with Crippen LogP contribution in [0.2, 0.25) is 0 Å². The Morgan fingerprint density at radius 3 is 2.62 bits per heavy atom. The zero-order chi connectivity index (χ0) is 11.1. The summed E-state index contributed by atoms with van der Waals surface area (Å²) in [6.07, 6.45) is 0. The smallest absolute Gasteiger partial charge is 0.0701 e. The lowest BCUT2D eigenvalue weighted by Crippen LogP contribution is -2.28. The lowest BCUT2D eigenvalue weighted by molar-refractivity contribution is 0.247. The van der Waals surface area contributed by atoms with Crippen molar-refractivity contribution >= 4 is 27.3 Å². The SMILES string of the molecule is CC(c1ccc(Br)s1)N1C[C@H]2CNC[C@H]2C1. The Balaban J connectivity index is 1.70. The Bertz CT molecular complexity index is 367. The quantitative estimate of drug-likeness (QED) is 0.903. The third kappa shape index (κ3) is 1.96. The number of likely N-dealkylation sites (tertiary alicyclic amines) is 1. The Morgan fingerprint density at radius 1 is 1.38 bits per heavy atom. The van der Waals surface area contributed by atoms with Crippen LogP contribution in [0.25, 0.3) is 0 Å². The summed E-state index contributed by atoms with van der Waals surface area (Å²) in [6, 6.07) is 5.00. The van der Waals surface area contributed by atoms with Crippen molar-refractivity contribution in [2.75, 3.05) is 26.2 Å². The summed E-state index contributed by atoms with van der Waals surface area (Å²) in [6.45, 7) is 7.33. The van der Waals surface area contributed by atoms with Crippen molar-refractivity contribution in [1.82, 2.24) is 10.2 Å². The second-order valence-electron chi connectivity index (χ2n) is 4.95. The molecule has 3 atom stereocenters. The van der Waals surface area contributed by atoms with Gasteiger partial charge in [0.2, 0.25) is 0 Å². The predicted molar refractivity (Wildman–Crippen MR) is 71.9 cm³/mol. The third-order valence-electron chi connectivity index (χ3n) is 3.97. The lowest BCUT2D eigenvalue weighted by Gasteiger charge is -2.24. The second-order valence-corrected chi connectivity index (χ2v) is 7.44. The maximum absolute atomic E-state index is 3.55. The molecule has 2 nitrogen and oxygen atoms in total. The van der Waals surface area contributed by atoms with E-state index in [1.807, 2.05) is 11.3 Å². The summed E-state index contributed by atoms with van der Waals surface area (Å²) in [5.74, 6) is 1.79. The van der Waals surface area contributed by atoms with Crippen LogP contribution >= 0.6 is 27.3 Å². The van der Waals surface area contributed by atoms with Crippen molar-refractivity contribution in [2.24, 2.45) is 11.8 Å². The molecule has 3 rings (SSSR count). The predicted octanol–water partition coefficient (Wildman–Crippen LogP) is 2.72. The molecule has 0 radical (unpaired) electrons. The highest BCUT2D eigenvalue weighted by Crippen LogP contribution is 2.36. The van der Waals surface area contributed by atoms with Crippen LogP contribution in [0.15, 0.2) is 15.9 Å². The van der Waals surface area contributed by atoms with E-state index in [2.05, 4.69) is 45.2 Å². The number of halogens is 1. The molecule has 0 bridgehead atoms. The van der Waals surface area contributed by atoms with Crippen molar-refractivity contribution in [1.29, 1.82) is 0 Å². The molecule has 88 valence electrons. The molecule has 0 saturated carbocycles. The van der Waals surface area contributed by atoms with Crippen LogP contribution in [0.5, 0.6) is 0 Å². The Hall–Kier alpha value is 0.1000. The number of rotatable bonds is 2. The molecule has 1 N–H and O–H groups in total. The topological polar surface area (TPSA) is 15.3 Å². The van der Waals surface area contributed by atoms with Gasteiger partial charge in [0.15, 0.2) is 0 Å². The average molecular weight is 301 g/mol. The standard InChI is InChI=1S/C12H17BrN2S/c1-8(11-2-3-12(13)16-11)15-6-9-4-14-5-10(9)7-15/h2-3,8-10,14H,4-7H2,1H3/t8?,9-,10+. The number of nitrogens with one attached hydrogen (secondary N) is 1. The highest BCUT2D eigenvalue weighted by molar-refractivity contribution is 9.11. The average Bonchev–Trinajstić information content (AvgIpc) is 2.89. The van der Waals surface area contributed by atoms with Crippen LogP contribution < -0.4 is 5.32 Å². The molecule has 0 amide bonds. The van der Waals surface area contributed by atoms with E-state index in [1.54, 1.807) is 0 Å². The molecule has 16 heavy (non-hydrogen) atoms. The van der Waals surface area contributed by atoms with Crippen molar-refractivity contribution in [3.05, 3.63) is 20.8 Å². The molecule has 1 aromatic rings. The molecule has 0 aromatic carbocycles. The summed E-state index contributed by atoms with van der Waals surface area (Å²) >= 11 is 5.42. The first kappa shape index (κ1) is 11.2. The second kappa shape index (κ2) is 4.41. The molecule has 2 aliphatic rings. The van der Waals surface area contributed by atoms with Gasteiger partial charge < -0.3 is 5.32 Å². The minimum atomic E-state index is 0.585. The van der Waals surface area contributed by atoms with Gasteiger partial charge >= 0.3 is 0 Å². The van der Waals surface area contributed by atoms with Gasteiger partial charge in [-0.05, 0) is 59.9 Å². The third-order valence-corrected chi connectivity index (χ3v) is 5.77. The fourth-order valence-corrected chi connectivity index (χ4v) is 4.45. The molecular weight excluding hydrogens is 284 g/mol. The van der Waals surface area contributed by atoms with Gasteiger partial charge in [-0.25, -0.2) is 0 Å². The normalized spacial score (nSPS) is 31.9. The van der Waals surface area contributed by atoms with E-state index in [0.717, 1.165) is 11.8 Å². The van der Waals surface area contributed by atoms with Crippen LogP contribution in [-0.4, -0.2) is 31.1 Å². The van der Waals surface area contributed by atoms with Gasteiger partial charge in [-0.1, -0.05) is 0 Å². The van der Waals surface area contributed by atoms with Gasteiger partial charge in [0.25, 0.3) is 0 Å². The molecule has 2 aliphatic heterocycles. The van der Waals surface area contributed by atoms with Crippen molar-refractivity contribution < 1.29 is 0 Å². The molecule has 1 aromatic heterocycles. The lowest BCUT2D eigenvalue weighted by atomic mass is 10.0. The van der Waals surface area contributed by atoms with Gasteiger partial charge in [-0.3, -0.25) is 4.90 Å². The zero-order valence-corrected chi connectivity index (χ0v) is 11.9. The Morgan fingerprint density at radius 2 is 2.06 bits per heavy atom. The van der Waals surface area contributed by atoms with E-state index in [-0.39, 0.29) is 0 Å². The largest absolute Gasteiger partial charge is 0.316 e. The molecule has 4 heteroatoms. The van der Waals surface area contributed by atoms with Crippen LogP contribution in [-0.2, 0) is 0 Å². The molecule has 3 heterocycles. The summed E-state index contributed by atoms with van der Waals surface area (Å²) in [5.41, 5.74) is 0. The number of hydrogen-bond acceptors (Lipinski definition) is 3. The minimum absolute atomic E-state index is 0.585. The number of nitrogens with zero attached hydrogens (tertiary/aromatic N) is 1. The highest BCUT2D eigenvalue weighted by Gasteiger charge is 2.38. The summed E-state index contributed by atoms with van der Waals surface area (Å²) in [5, 5.41) is 3.50. The van der Waals surface area contributed by atoms with E-state index in [9.17, 15) is 0 Å². The Labute approximate surface area is 109 Å². The summed E-state index contributed by atoms with van der Waals surface area (Å²) in [7, 11) is 0. The van der Waals surface area contributed by atoms with E-state index >= 15 is 0 Å². The zero-order valence-electron chi connectivity index (χ0n) is 9.45. The van der Waals surface area contributed by atoms with Crippen LogP contribution in [0.4, 0.5) is 0 Å². The van der Waals surface area contributed by atoms with E-state index < -0.39 is 0 Å². The highest BCUT2D eigenvalue weighted by atomic mass is 79.9. The summed E-state index contributed by atoms with van der Waals surface area (Å²) < 4.78 is 1.25. The number of fused-ring (bicyclic) bond motifs is 1. The fourth-order valence-electron chi connectivity index (χ4n) is 2.94. The maximum atomic E-state index is 3.55. The maximum Gasteiger partial charge on any atom is 0.0701 e. The van der Waals surface area contributed by atoms with Gasteiger partial charge in [0.05, 0.1) is 3.79 Å². The van der Waals surface area contributed by atoms with Gasteiger partial charge in [-0.2, -0.15) is 0 Å². The Kier molecular flexibility index (Phi) is 3.09. The van der Waals surface area contributed by atoms with Crippen molar-refractivity contribution in [3.63, 3.8) is 0 Å². The first-order valence-electron chi connectivity index (χ1n) is 5.94. The van der Waals surface area contributed by atoms with Crippen LogP contribution in [0.3, 0.4) is 0 Å². The molecule has 2 saturated heterocycles. The molecule has 0 spiro atoms. The van der Waals surface area contributed by atoms with E-state index in [4.69, 9.17) is 0 Å². The molecule has 0 aliphatic carbocycles. The number of hydrogen-bond donors (Lipinski definition) is 1. The number of thiophene rings is 1. The van der Waals surface area contributed by atoms with Gasteiger partial charge in [0.1, 0.15) is 0 Å². The fraction of sp³-hybridized carbons (Fsp3) is 0.667. The molecule has 1 unspecified atom stereocenters. The van der Waals surface area contributed by atoms with Gasteiger partial charge in [0, 0.05) is 24.0 Å².